The van der Waals surface area contributed by atoms with E-state index in [0.717, 1.165) is 49.0 Å². The van der Waals surface area contributed by atoms with Gasteiger partial charge in [0.15, 0.2) is 0 Å². The van der Waals surface area contributed by atoms with Gasteiger partial charge in [-0.2, -0.15) is 8.42 Å². The minimum atomic E-state index is -3.73. The Hall–Kier alpha value is -1.40. The fourth-order valence-electron chi connectivity index (χ4n) is 9.87. The van der Waals surface area contributed by atoms with Crippen molar-refractivity contribution in [2.75, 3.05) is 7.11 Å². The molecule has 0 bridgehead atoms. The van der Waals surface area contributed by atoms with Gasteiger partial charge < -0.3 is 4.74 Å². The molecule has 1 aromatic rings. The van der Waals surface area contributed by atoms with Gasteiger partial charge in [0.2, 0.25) is 0 Å². The van der Waals surface area contributed by atoms with E-state index < -0.39 is 10.1 Å². The fraction of sp³-hybridized carbons (Fsp3) is 0.781. The minimum absolute atomic E-state index is 0.0854. The molecule has 4 aliphatic rings. The first-order valence-corrected chi connectivity index (χ1v) is 16.5. The molecule has 0 amide bonds. The van der Waals surface area contributed by atoms with Crippen molar-refractivity contribution in [3.63, 3.8) is 0 Å². The van der Waals surface area contributed by atoms with Crippen molar-refractivity contribution in [1.29, 1.82) is 0 Å². The van der Waals surface area contributed by atoms with Crippen LogP contribution < -0.4 is 0 Å². The molecule has 0 aliphatic heterocycles. The van der Waals surface area contributed by atoms with Crippen LogP contribution in [0, 0.1) is 53.3 Å². The van der Waals surface area contributed by atoms with E-state index in [1.165, 1.54) is 45.6 Å². The van der Waals surface area contributed by atoms with Crippen LogP contribution in [-0.4, -0.2) is 27.6 Å². The number of hydrogen-bond acceptors (Lipinski definition) is 5. The molecule has 0 aromatic heterocycles. The minimum Gasteiger partial charge on any atom is -0.469 e. The van der Waals surface area contributed by atoms with Gasteiger partial charge in [-0.15, -0.1) is 0 Å². The number of hydrogen-bond donors (Lipinski definition) is 0. The summed E-state index contributed by atoms with van der Waals surface area (Å²) in [5.41, 5.74) is 1.70. The Balaban J connectivity index is 1.25. The normalized spacial score (nSPS) is 39.5. The number of carbonyl (C=O) groups is 1. The molecular formula is C32H48O5S. The molecule has 212 valence electrons. The number of benzene rings is 1. The maximum atomic E-state index is 13.0. The van der Waals surface area contributed by atoms with Crippen molar-refractivity contribution in [1.82, 2.24) is 0 Å². The molecule has 0 radical (unpaired) electrons. The molecule has 38 heavy (non-hydrogen) atoms. The van der Waals surface area contributed by atoms with Gasteiger partial charge >= 0.3 is 5.97 Å². The predicted octanol–water partition coefficient (Wildman–Crippen LogP) is 7.32. The fourth-order valence-corrected chi connectivity index (χ4v) is 11.0. The van der Waals surface area contributed by atoms with E-state index >= 15 is 0 Å². The Bertz CT molecular complexity index is 1110. The molecule has 5 rings (SSSR count). The number of fused-ring (bicyclic) bond motifs is 5. The zero-order valence-electron chi connectivity index (χ0n) is 24.1. The van der Waals surface area contributed by atoms with Gasteiger partial charge in [-0.05, 0) is 130 Å². The number of rotatable bonds is 7. The van der Waals surface area contributed by atoms with Crippen molar-refractivity contribution in [2.45, 2.75) is 109 Å². The van der Waals surface area contributed by atoms with Crippen molar-refractivity contribution in [3.05, 3.63) is 29.8 Å². The second kappa shape index (κ2) is 10.5. The molecule has 0 unspecified atom stereocenters. The highest BCUT2D eigenvalue weighted by atomic mass is 32.2. The van der Waals surface area contributed by atoms with E-state index in [0.29, 0.717) is 29.6 Å². The van der Waals surface area contributed by atoms with Crippen molar-refractivity contribution < 1.29 is 22.1 Å². The molecule has 4 fully saturated rings. The van der Waals surface area contributed by atoms with E-state index in [1.807, 2.05) is 19.1 Å². The summed E-state index contributed by atoms with van der Waals surface area (Å²) in [7, 11) is -2.25. The molecule has 0 heterocycles. The van der Waals surface area contributed by atoms with Crippen molar-refractivity contribution in [3.8, 4) is 0 Å². The first-order valence-electron chi connectivity index (χ1n) is 15.0. The second-order valence-corrected chi connectivity index (χ2v) is 15.3. The van der Waals surface area contributed by atoms with E-state index in [4.69, 9.17) is 8.92 Å². The van der Waals surface area contributed by atoms with Crippen LogP contribution in [0.15, 0.2) is 29.2 Å². The average Bonchev–Trinajstić information content (AvgIpc) is 3.24. The van der Waals surface area contributed by atoms with Crippen LogP contribution in [0.5, 0.6) is 0 Å². The summed E-state index contributed by atoms with van der Waals surface area (Å²) in [6, 6.07) is 6.99. The summed E-state index contributed by atoms with van der Waals surface area (Å²) in [6.07, 6.45) is 11.7. The molecule has 0 spiro atoms. The maximum absolute atomic E-state index is 13.0. The van der Waals surface area contributed by atoms with Crippen LogP contribution in [0.25, 0.3) is 0 Å². The highest BCUT2D eigenvalue weighted by Crippen LogP contribution is 2.68. The summed E-state index contributed by atoms with van der Waals surface area (Å²) in [6.45, 7) is 9.40. The lowest BCUT2D eigenvalue weighted by molar-refractivity contribution is -0.141. The Labute approximate surface area is 230 Å². The largest absolute Gasteiger partial charge is 0.469 e. The Morgan fingerprint density at radius 3 is 2.37 bits per heavy atom. The third-order valence-corrected chi connectivity index (χ3v) is 13.4. The first kappa shape index (κ1) is 28.1. The van der Waals surface area contributed by atoms with Gasteiger partial charge in [-0.1, -0.05) is 38.5 Å². The molecule has 9 atom stereocenters. The van der Waals surface area contributed by atoms with E-state index in [-0.39, 0.29) is 22.4 Å². The quantitative estimate of drug-likeness (QED) is 0.266. The van der Waals surface area contributed by atoms with Gasteiger partial charge in [0.1, 0.15) is 0 Å². The monoisotopic (exact) mass is 544 g/mol. The predicted molar refractivity (Wildman–Crippen MR) is 149 cm³/mol. The third-order valence-electron chi connectivity index (χ3n) is 12.0. The van der Waals surface area contributed by atoms with Crippen LogP contribution in [0.2, 0.25) is 0 Å². The van der Waals surface area contributed by atoms with Crippen LogP contribution in [-0.2, 0) is 23.8 Å². The van der Waals surface area contributed by atoms with E-state index in [9.17, 15) is 13.2 Å². The smallest absolute Gasteiger partial charge is 0.305 e. The number of ether oxygens (including phenoxy) is 1. The van der Waals surface area contributed by atoms with E-state index in [1.54, 1.807) is 12.1 Å². The molecule has 4 saturated carbocycles. The zero-order chi connectivity index (χ0) is 27.3. The number of esters is 1. The van der Waals surface area contributed by atoms with Gasteiger partial charge in [0, 0.05) is 6.42 Å². The molecule has 5 nitrogen and oxygen atoms in total. The summed E-state index contributed by atoms with van der Waals surface area (Å²) in [5.74, 6) is 3.99. The molecule has 1 aromatic carbocycles. The second-order valence-electron chi connectivity index (χ2n) is 13.7. The lowest BCUT2D eigenvalue weighted by Gasteiger charge is -2.61. The van der Waals surface area contributed by atoms with Crippen molar-refractivity contribution in [2.24, 2.45) is 46.3 Å². The lowest BCUT2D eigenvalue weighted by atomic mass is 9.44. The van der Waals surface area contributed by atoms with Crippen LogP contribution in [0.3, 0.4) is 0 Å². The van der Waals surface area contributed by atoms with E-state index in [2.05, 4.69) is 20.8 Å². The number of aryl methyl sites for hydroxylation is 1. The number of methoxy groups -OCH3 is 1. The molecule has 0 saturated heterocycles. The lowest BCUT2D eigenvalue weighted by Crippen LogP contribution is -2.54. The summed E-state index contributed by atoms with van der Waals surface area (Å²) in [5, 5.41) is 0. The summed E-state index contributed by atoms with van der Waals surface area (Å²) < 4.78 is 36.7. The first-order chi connectivity index (χ1) is 18.0. The van der Waals surface area contributed by atoms with Gasteiger partial charge in [0.25, 0.3) is 10.1 Å². The van der Waals surface area contributed by atoms with Gasteiger partial charge in [0.05, 0.1) is 18.1 Å². The highest BCUT2D eigenvalue weighted by Gasteiger charge is 2.60. The zero-order valence-corrected chi connectivity index (χ0v) is 24.9. The molecule has 6 heteroatoms. The van der Waals surface area contributed by atoms with Crippen LogP contribution in [0.4, 0.5) is 0 Å². The van der Waals surface area contributed by atoms with Gasteiger partial charge in [-0.3, -0.25) is 8.98 Å². The molecular weight excluding hydrogens is 496 g/mol. The number of carbonyl (C=O) groups excluding carboxylic acids is 1. The highest BCUT2D eigenvalue weighted by molar-refractivity contribution is 7.86. The third kappa shape index (κ3) is 4.98. The topological polar surface area (TPSA) is 69.7 Å². The Morgan fingerprint density at radius 2 is 1.66 bits per heavy atom. The molecule has 4 aliphatic carbocycles. The Kier molecular flexibility index (Phi) is 7.80. The molecule has 0 N–H and O–H groups in total. The standard InChI is InChI=1S/C32H48O5S/c1-21-6-10-25(11-7-21)38(34,35)37-24-16-18-31(3)23(20-24)9-12-26-28-14-13-27(22(2)8-15-30(33)36-5)32(28,4)19-17-29(26)31/h6-7,10-11,22-24,26-29H,8-9,12-20H2,1-5H3/t22-,23+,24+,26+,27-,28+,29+,31+,32-/m1/s1. The average molecular weight is 545 g/mol. The SMILES string of the molecule is COC(=O)CC[C@@H](C)[C@H]1CC[C@H]2[C@@H]3CC[C@H]4C[C@@H](OS(=O)(=O)c5ccc(C)cc5)CC[C@]4(C)[C@H]3CC[C@]12C. The Morgan fingerprint density at radius 1 is 0.974 bits per heavy atom. The summed E-state index contributed by atoms with van der Waals surface area (Å²) >= 11 is 0. The van der Waals surface area contributed by atoms with Crippen LogP contribution in [0.1, 0.15) is 97.0 Å². The maximum Gasteiger partial charge on any atom is 0.305 e. The van der Waals surface area contributed by atoms with Crippen LogP contribution >= 0.6 is 0 Å². The van der Waals surface area contributed by atoms with Gasteiger partial charge in [-0.25, -0.2) is 0 Å². The van der Waals surface area contributed by atoms with Crippen molar-refractivity contribution >= 4 is 16.1 Å². The summed E-state index contributed by atoms with van der Waals surface area (Å²) in [4.78, 5) is 12.0.